The largest absolute Gasteiger partial charge is 0.416 e. The summed E-state index contributed by atoms with van der Waals surface area (Å²) in [5.41, 5.74) is 7.20. The Balaban J connectivity index is 1.67. The number of nitrogens with one attached hydrogen (secondary N) is 1. The average molecular weight is 442 g/mol. The molecule has 0 aliphatic rings. The SMILES string of the molecule is NC(=O)[C@H](Cc1ccc(-c2ccccc2)cc1)NC(=O)[C@@H](O)c1ccc(C(F)(F)F)cc1. The molecule has 0 saturated heterocycles. The van der Waals surface area contributed by atoms with E-state index in [2.05, 4.69) is 5.32 Å². The van der Waals surface area contributed by atoms with Gasteiger partial charge in [-0.3, -0.25) is 9.59 Å². The number of hydrogen-bond donors (Lipinski definition) is 3. The predicted molar refractivity (Wildman–Crippen MR) is 113 cm³/mol. The average Bonchev–Trinajstić information content (AvgIpc) is 2.78. The summed E-state index contributed by atoms with van der Waals surface area (Å²) in [6.07, 6.45) is -6.19. The van der Waals surface area contributed by atoms with E-state index in [0.29, 0.717) is 0 Å². The van der Waals surface area contributed by atoms with E-state index in [1.54, 1.807) is 12.1 Å². The summed E-state index contributed by atoms with van der Waals surface area (Å²) in [5, 5.41) is 12.6. The number of hydrogen-bond acceptors (Lipinski definition) is 3. The van der Waals surface area contributed by atoms with Crippen LogP contribution in [0.5, 0.6) is 0 Å². The van der Waals surface area contributed by atoms with E-state index >= 15 is 0 Å². The summed E-state index contributed by atoms with van der Waals surface area (Å²) in [5.74, 6) is -1.74. The van der Waals surface area contributed by atoms with Gasteiger partial charge in [0, 0.05) is 6.42 Å². The van der Waals surface area contributed by atoms with Gasteiger partial charge in [0.05, 0.1) is 5.56 Å². The van der Waals surface area contributed by atoms with Crippen molar-refractivity contribution in [1.82, 2.24) is 5.32 Å². The molecule has 0 bridgehead atoms. The van der Waals surface area contributed by atoms with Crippen LogP contribution in [0, 0.1) is 0 Å². The van der Waals surface area contributed by atoms with E-state index in [4.69, 9.17) is 5.73 Å². The first-order chi connectivity index (χ1) is 15.1. The number of primary amides is 1. The van der Waals surface area contributed by atoms with Crippen molar-refractivity contribution in [2.45, 2.75) is 24.7 Å². The Kier molecular flexibility index (Phi) is 6.95. The monoisotopic (exact) mass is 442 g/mol. The highest BCUT2D eigenvalue weighted by Crippen LogP contribution is 2.30. The molecule has 0 aromatic heterocycles. The zero-order valence-corrected chi connectivity index (χ0v) is 16.8. The van der Waals surface area contributed by atoms with Crippen LogP contribution in [0.1, 0.15) is 22.8 Å². The van der Waals surface area contributed by atoms with Gasteiger partial charge in [0.15, 0.2) is 6.10 Å². The maximum atomic E-state index is 12.7. The van der Waals surface area contributed by atoms with Gasteiger partial charge in [-0.1, -0.05) is 66.7 Å². The molecule has 0 fully saturated rings. The second-order valence-corrected chi connectivity index (χ2v) is 7.25. The van der Waals surface area contributed by atoms with Crippen molar-refractivity contribution < 1.29 is 27.9 Å². The molecule has 2 amide bonds. The lowest BCUT2D eigenvalue weighted by Gasteiger charge is -2.19. The van der Waals surface area contributed by atoms with Crippen LogP contribution in [-0.4, -0.2) is 23.0 Å². The van der Waals surface area contributed by atoms with Gasteiger partial charge >= 0.3 is 6.18 Å². The van der Waals surface area contributed by atoms with Crippen LogP contribution in [0.25, 0.3) is 11.1 Å². The summed E-state index contributed by atoms with van der Waals surface area (Å²) in [4.78, 5) is 24.2. The zero-order valence-electron chi connectivity index (χ0n) is 16.8. The van der Waals surface area contributed by atoms with Gasteiger partial charge in [-0.05, 0) is 34.4 Å². The molecule has 8 heteroatoms. The number of alkyl halides is 3. The standard InChI is InChI=1S/C24H21F3N2O3/c25-24(26,27)19-12-10-18(11-13-19)21(30)23(32)29-20(22(28)31)14-15-6-8-17(9-7-15)16-4-2-1-3-5-16/h1-13,20-21,30H,14H2,(H2,28,31)(H,29,32)/t20-,21-/m0/s1. The lowest BCUT2D eigenvalue weighted by Crippen LogP contribution is -2.47. The summed E-state index contributed by atoms with van der Waals surface area (Å²) < 4.78 is 38.0. The molecule has 0 radical (unpaired) electrons. The minimum atomic E-state index is -4.53. The van der Waals surface area contributed by atoms with Crippen molar-refractivity contribution >= 4 is 11.8 Å². The van der Waals surface area contributed by atoms with E-state index < -0.39 is 35.7 Å². The number of aliphatic hydroxyl groups is 1. The molecule has 0 saturated carbocycles. The second kappa shape index (κ2) is 9.65. The van der Waals surface area contributed by atoms with E-state index in [-0.39, 0.29) is 12.0 Å². The van der Waals surface area contributed by atoms with Crippen molar-refractivity contribution in [3.05, 3.63) is 95.6 Å². The molecule has 3 aromatic carbocycles. The number of nitrogens with two attached hydrogens (primary N) is 1. The minimum Gasteiger partial charge on any atom is -0.378 e. The maximum Gasteiger partial charge on any atom is 0.416 e. The Morgan fingerprint density at radius 1 is 0.875 bits per heavy atom. The molecule has 0 spiro atoms. The fraction of sp³-hybridized carbons (Fsp3) is 0.167. The number of rotatable bonds is 7. The number of amides is 2. The first-order valence-corrected chi connectivity index (χ1v) is 9.74. The highest BCUT2D eigenvalue weighted by molar-refractivity contribution is 5.89. The van der Waals surface area contributed by atoms with E-state index in [1.165, 1.54) is 0 Å². The van der Waals surface area contributed by atoms with Crippen LogP contribution < -0.4 is 11.1 Å². The van der Waals surface area contributed by atoms with Crippen LogP contribution in [0.4, 0.5) is 13.2 Å². The number of carbonyl (C=O) groups is 2. The first kappa shape index (κ1) is 23.0. The van der Waals surface area contributed by atoms with Crippen molar-refractivity contribution in [2.24, 2.45) is 5.73 Å². The van der Waals surface area contributed by atoms with Crippen molar-refractivity contribution in [1.29, 1.82) is 0 Å². The summed E-state index contributed by atoms with van der Waals surface area (Å²) in [6, 6.07) is 19.5. The van der Waals surface area contributed by atoms with Crippen LogP contribution in [0.2, 0.25) is 0 Å². The Morgan fingerprint density at radius 3 is 1.97 bits per heavy atom. The Labute approximate surface area is 182 Å². The van der Waals surface area contributed by atoms with Crippen LogP contribution in [0.3, 0.4) is 0 Å². The third-order valence-corrected chi connectivity index (χ3v) is 4.96. The molecule has 5 nitrogen and oxygen atoms in total. The number of carbonyl (C=O) groups excluding carboxylic acids is 2. The van der Waals surface area contributed by atoms with E-state index in [1.807, 2.05) is 42.5 Å². The fourth-order valence-electron chi connectivity index (χ4n) is 3.18. The van der Waals surface area contributed by atoms with Gasteiger partial charge in [0.2, 0.25) is 5.91 Å². The predicted octanol–water partition coefficient (Wildman–Crippen LogP) is 3.62. The first-order valence-electron chi connectivity index (χ1n) is 9.74. The maximum absolute atomic E-state index is 12.7. The van der Waals surface area contributed by atoms with Crippen molar-refractivity contribution in [2.75, 3.05) is 0 Å². The lowest BCUT2D eigenvalue weighted by molar-refractivity contribution is -0.137. The molecule has 0 unspecified atom stereocenters. The Morgan fingerprint density at radius 2 is 1.44 bits per heavy atom. The van der Waals surface area contributed by atoms with E-state index in [9.17, 15) is 27.9 Å². The number of halogens is 3. The Hall–Kier alpha value is -3.65. The van der Waals surface area contributed by atoms with Gasteiger partial charge in [-0.2, -0.15) is 13.2 Å². The smallest absolute Gasteiger partial charge is 0.378 e. The molecule has 32 heavy (non-hydrogen) atoms. The Bertz CT molecular complexity index is 1070. The van der Waals surface area contributed by atoms with E-state index in [0.717, 1.165) is 41.0 Å². The summed E-state index contributed by atoms with van der Waals surface area (Å²) >= 11 is 0. The van der Waals surface area contributed by atoms with Gasteiger partial charge in [-0.25, -0.2) is 0 Å². The molecule has 2 atom stereocenters. The molecular formula is C24H21F3N2O3. The normalized spacial score (nSPS) is 13.2. The van der Waals surface area contributed by atoms with Crippen molar-refractivity contribution in [3.8, 4) is 11.1 Å². The molecule has 0 heterocycles. The molecule has 3 rings (SSSR count). The van der Waals surface area contributed by atoms with Crippen LogP contribution >= 0.6 is 0 Å². The molecule has 3 aromatic rings. The van der Waals surface area contributed by atoms with Gasteiger partial charge in [0.1, 0.15) is 6.04 Å². The van der Waals surface area contributed by atoms with Gasteiger partial charge in [0.25, 0.3) is 5.91 Å². The summed E-state index contributed by atoms with van der Waals surface area (Å²) in [6.45, 7) is 0. The molecule has 166 valence electrons. The zero-order chi connectivity index (χ0) is 23.3. The highest BCUT2D eigenvalue weighted by Gasteiger charge is 2.31. The summed E-state index contributed by atoms with van der Waals surface area (Å²) in [7, 11) is 0. The third-order valence-electron chi connectivity index (χ3n) is 4.96. The van der Waals surface area contributed by atoms with Gasteiger partial charge in [-0.15, -0.1) is 0 Å². The third kappa shape index (κ3) is 5.73. The van der Waals surface area contributed by atoms with Crippen molar-refractivity contribution in [3.63, 3.8) is 0 Å². The molecule has 0 aliphatic heterocycles. The van der Waals surface area contributed by atoms with Crippen LogP contribution in [0.15, 0.2) is 78.9 Å². The molecule has 4 N–H and O–H groups in total. The van der Waals surface area contributed by atoms with Crippen LogP contribution in [-0.2, 0) is 22.2 Å². The molecular weight excluding hydrogens is 421 g/mol. The quantitative estimate of drug-likeness (QED) is 0.522. The topological polar surface area (TPSA) is 92.4 Å². The van der Waals surface area contributed by atoms with Gasteiger partial charge < -0.3 is 16.2 Å². The number of benzene rings is 3. The minimum absolute atomic E-state index is 0.0362. The number of aliphatic hydroxyl groups excluding tert-OH is 1. The molecule has 0 aliphatic carbocycles. The lowest BCUT2D eigenvalue weighted by atomic mass is 10.00. The fourth-order valence-corrected chi connectivity index (χ4v) is 3.18. The second-order valence-electron chi connectivity index (χ2n) is 7.25. The highest BCUT2D eigenvalue weighted by atomic mass is 19.4.